The van der Waals surface area contributed by atoms with E-state index in [0.717, 1.165) is 18.2 Å². The molecule has 3 aromatic rings. The van der Waals surface area contributed by atoms with Gasteiger partial charge in [0.1, 0.15) is 11.6 Å². The summed E-state index contributed by atoms with van der Waals surface area (Å²) < 4.78 is 39.1. The maximum absolute atomic E-state index is 13.1. The summed E-state index contributed by atoms with van der Waals surface area (Å²) >= 11 is 5.91. The molecule has 2 nitrogen and oxygen atoms in total. The minimum atomic E-state index is -0.976. The Morgan fingerprint density at radius 2 is 1.74 bits per heavy atom. The Bertz CT molecular complexity index is 744. The fraction of sp³-hybridized carbons (Fsp3) is 0. The molecule has 1 N–H and O–H groups in total. The van der Waals surface area contributed by atoms with Crippen LogP contribution in [-0.2, 0) is 0 Å². The van der Waals surface area contributed by atoms with Crippen LogP contribution < -0.4 is 0 Å². The number of imidazole rings is 1. The van der Waals surface area contributed by atoms with Crippen LogP contribution in [0.25, 0.3) is 22.4 Å². The highest BCUT2D eigenvalue weighted by molar-refractivity contribution is 6.33. The summed E-state index contributed by atoms with van der Waals surface area (Å²) in [7, 11) is 0. The van der Waals surface area contributed by atoms with Crippen molar-refractivity contribution in [1.29, 1.82) is 0 Å². The van der Waals surface area contributed by atoms with Crippen LogP contribution in [0, 0.1) is 17.5 Å². The van der Waals surface area contributed by atoms with Crippen molar-refractivity contribution in [2.45, 2.75) is 0 Å². The van der Waals surface area contributed by atoms with E-state index in [9.17, 15) is 13.2 Å². The third-order valence-electron chi connectivity index (χ3n) is 2.71. The summed E-state index contributed by atoms with van der Waals surface area (Å²) in [4.78, 5) is 6.92. The van der Waals surface area contributed by atoms with E-state index in [-0.39, 0.29) is 10.5 Å². The van der Waals surface area contributed by atoms with Crippen LogP contribution in [0.3, 0.4) is 0 Å². The molecule has 0 spiro atoms. The Labute approximate surface area is 110 Å². The number of aromatic nitrogens is 2. The number of nitrogens with one attached hydrogen (secondary N) is 1. The molecular formula is C13H6ClF3N2. The van der Waals surface area contributed by atoms with Gasteiger partial charge in [0.25, 0.3) is 0 Å². The van der Waals surface area contributed by atoms with Crippen LogP contribution in [0.1, 0.15) is 0 Å². The summed E-state index contributed by atoms with van der Waals surface area (Å²) in [6, 6.07) is 5.82. The number of hydrogen-bond acceptors (Lipinski definition) is 1. The molecule has 3 rings (SSSR count). The average Bonchev–Trinajstić information content (AvgIpc) is 2.72. The number of hydrogen-bond donors (Lipinski definition) is 1. The number of benzene rings is 2. The number of nitrogens with zero attached hydrogens (tertiary/aromatic N) is 1. The summed E-state index contributed by atoms with van der Waals surface area (Å²) in [5.41, 5.74) is 1.07. The van der Waals surface area contributed by atoms with E-state index < -0.39 is 17.5 Å². The quantitative estimate of drug-likeness (QED) is 0.708. The van der Waals surface area contributed by atoms with Gasteiger partial charge in [0, 0.05) is 17.7 Å². The lowest BCUT2D eigenvalue weighted by molar-refractivity contribution is 0.510. The number of fused-ring (bicyclic) bond motifs is 1. The van der Waals surface area contributed by atoms with Gasteiger partial charge < -0.3 is 4.98 Å². The molecule has 1 aromatic heterocycles. The van der Waals surface area contributed by atoms with Gasteiger partial charge in [-0.15, -0.1) is 0 Å². The van der Waals surface area contributed by atoms with Crippen molar-refractivity contribution in [3.8, 4) is 11.4 Å². The summed E-state index contributed by atoms with van der Waals surface area (Å²) in [5, 5.41) is 0.167. The molecule has 19 heavy (non-hydrogen) atoms. The van der Waals surface area contributed by atoms with Gasteiger partial charge in [-0.3, -0.25) is 0 Å². The van der Waals surface area contributed by atoms with Crippen molar-refractivity contribution in [3.05, 3.63) is 52.8 Å². The molecule has 0 fully saturated rings. The van der Waals surface area contributed by atoms with Crippen molar-refractivity contribution in [2.24, 2.45) is 0 Å². The molecule has 0 radical (unpaired) electrons. The third kappa shape index (κ3) is 2.06. The van der Waals surface area contributed by atoms with Gasteiger partial charge in [0.05, 0.1) is 16.1 Å². The predicted molar refractivity (Wildman–Crippen MR) is 66.4 cm³/mol. The second kappa shape index (κ2) is 4.28. The molecule has 96 valence electrons. The highest BCUT2D eigenvalue weighted by atomic mass is 35.5. The maximum Gasteiger partial charge on any atom is 0.161 e. The largest absolute Gasteiger partial charge is 0.338 e. The Kier molecular flexibility index (Phi) is 2.71. The molecule has 1 heterocycles. The monoisotopic (exact) mass is 282 g/mol. The van der Waals surface area contributed by atoms with Crippen LogP contribution in [0.2, 0.25) is 5.02 Å². The molecule has 0 bridgehead atoms. The average molecular weight is 283 g/mol. The summed E-state index contributed by atoms with van der Waals surface area (Å²) in [6.45, 7) is 0. The Balaban J connectivity index is 2.20. The van der Waals surface area contributed by atoms with Gasteiger partial charge in [-0.25, -0.2) is 18.2 Å². The molecule has 0 aliphatic rings. The minimum absolute atomic E-state index is 0.167. The van der Waals surface area contributed by atoms with Crippen LogP contribution in [0.15, 0.2) is 30.3 Å². The van der Waals surface area contributed by atoms with Crippen molar-refractivity contribution >= 4 is 22.6 Å². The Hall–Kier alpha value is -2.01. The zero-order valence-corrected chi connectivity index (χ0v) is 10.1. The van der Waals surface area contributed by atoms with Gasteiger partial charge in [-0.2, -0.15) is 0 Å². The topological polar surface area (TPSA) is 28.7 Å². The fourth-order valence-corrected chi connectivity index (χ4v) is 2.07. The van der Waals surface area contributed by atoms with E-state index in [1.165, 1.54) is 12.1 Å². The first-order valence-electron chi connectivity index (χ1n) is 5.35. The molecule has 0 unspecified atom stereocenters. The fourth-order valence-electron chi connectivity index (χ4n) is 1.81. The zero-order chi connectivity index (χ0) is 13.6. The minimum Gasteiger partial charge on any atom is -0.338 e. The lowest BCUT2D eigenvalue weighted by Gasteiger charge is -1.99. The Morgan fingerprint density at radius 3 is 2.47 bits per heavy atom. The van der Waals surface area contributed by atoms with E-state index in [0.29, 0.717) is 16.9 Å². The van der Waals surface area contributed by atoms with Crippen LogP contribution in [-0.4, -0.2) is 9.97 Å². The predicted octanol–water partition coefficient (Wildman–Crippen LogP) is 4.30. The normalized spacial score (nSPS) is 11.2. The molecule has 0 aliphatic carbocycles. The summed E-state index contributed by atoms with van der Waals surface area (Å²) in [6.07, 6.45) is 0. The summed E-state index contributed by atoms with van der Waals surface area (Å²) in [5.74, 6) is -2.09. The third-order valence-corrected chi connectivity index (χ3v) is 3.02. The number of aromatic amines is 1. The second-order valence-electron chi connectivity index (χ2n) is 3.99. The maximum atomic E-state index is 13.1. The lowest BCUT2D eigenvalue weighted by Crippen LogP contribution is -1.83. The van der Waals surface area contributed by atoms with E-state index in [1.807, 2.05) is 0 Å². The highest BCUT2D eigenvalue weighted by Gasteiger charge is 2.12. The lowest BCUT2D eigenvalue weighted by atomic mass is 10.2. The van der Waals surface area contributed by atoms with Gasteiger partial charge >= 0.3 is 0 Å². The molecular weight excluding hydrogens is 277 g/mol. The number of rotatable bonds is 1. The van der Waals surface area contributed by atoms with Crippen molar-refractivity contribution in [1.82, 2.24) is 9.97 Å². The SMILES string of the molecule is Fc1ccc(-c2nc3cc(F)c(F)cc3[nH]2)c(Cl)c1. The molecule has 0 atom stereocenters. The first-order valence-corrected chi connectivity index (χ1v) is 5.72. The van der Waals surface area contributed by atoms with Gasteiger partial charge in [-0.05, 0) is 18.2 Å². The Morgan fingerprint density at radius 1 is 1.00 bits per heavy atom. The van der Waals surface area contributed by atoms with Crippen LogP contribution >= 0.6 is 11.6 Å². The zero-order valence-electron chi connectivity index (χ0n) is 9.35. The van der Waals surface area contributed by atoms with E-state index in [4.69, 9.17) is 11.6 Å². The van der Waals surface area contributed by atoms with Crippen molar-refractivity contribution < 1.29 is 13.2 Å². The van der Waals surface area contributed by atoms with Gasteiger partial charge in [0.2, 0.25) is 0 Å². The molecule has 0 saturated carbocycles. The van der Waals surface area contributed by atoms with E-state index in [2.05, 4.69) is 9.97 Å². The molecule has 6 heteroatoms. The van der Waals surface area contributed by atoms with E-state index >= 15 is 0 Å². The number of H-pyrrole nitrogens is 1. The smallest absolute Gasteiger partial charge is 0.161 e. The second-order valence-corrected chi connectivity index (χ2v) is 4.40. The molecule has 2 aromatic carbocycles. The highest BCUT2D eigenvalue weighted by Crippen LogP contribution is 2.28. The first kappa shape index (κ1) is 12.0. The first-order chi connectivity index (χ1) is 9.04. The molecule has 0 saturated heterocycles. The van der Waals surface area contributed by atoms with E-state index in [1.54, 1.807) is 0 Å². The standard InChI is InChI=1S/C13H6ClF3N2/c14-8-3-6(15)1-2-7(8)13-18-11-4-9(16)10(17)5-12(11)19-13/h1-5H,(H,18,19). The van der Waals surface area contributed by atoms with Gasteiger partial charge in [0.15, 0.2) is 11.6 Å². The molecule has 0 aliphatic heterocycles. The van der Waals surface area contributed by atoms with Crippen LogP contribution in [0.4, 0.5) is 13.2 Å². The molecule has 0 amide bonds. The van der Waals surface area contributed by atoms with Crippen LogP contribution in [0.5, 0.6) is 0 Å². The number of halogens is 4. The van der Waals surface area contributed by atoms with Crippen molar-refractivity contribution in [2.75, 3.05) is 0 Å². The van der Waals surface area contributed by atoms with Gasteiger partial charge in [-0.1, -0.05) is 11.6 Å². The van der Waals surface area contributed by atoms with Crippen molar-refractivity contribution in [3.63, 3.8) is 0 Å².